The lowest BCUT2D eigenvalue weighted by atomic mass is 10.1. The molecule has 4 aromatic rings. The maximum absolute atomic E-state index is 9.78. The minimum absolute atomic E-state index is 0.310. The molecule has 0 amide bonds. The molecule has 0 unspecified atom stereocenters. The topological polar surface area (TPSA) is 25.2 Å². The van der Waals surface area contributed by atoms with Crippen LogP contribution in [0.5, 0.6) is 5.75 Å². The Morgan fingerprint density at radius 3 is 2.29 bits per heavy atom. The highest BCUT2D eigenvalue weighted by atomic mass is 16.3. The van der Waals surface area contributed by atoms with Gasteiger partial charge in [0.2, 0.25) is 0 Å². The number of hydrogen-bond donors (Lipinski definition) is 1. The molecule has 21 heavy (non-hydrogen) atoms. The van der Waals surface area contributed by atoms with E-state index in [2.05, 4.69) is 47.0 Å². The first-order valence-corrected chi connectivity index (χ1v) is 7.07. The summed E-state index contributed by atoms with van der Waals surface area (Å²) >= 11 is 0. The van der Waals surface area contributed by atoms with Crippen LogP contribution in [-0.4, -0.2) is 9.67 Å². The van der Waals surface area contributed by atoms with E-state index in [1.165, 1.54) is 16.5 Å². The van der Waals surface area contributed by atoms with Gasteiger partial charge in [-0.1, -0.05) is 48.5 Å². The third kappa shape index (κ3) is 1.96. The van der Waals surface area contributed by atoms with Crippen LogP contribution >= 0.6 is 0 Å². The quantitative estimate of drug-likeness (QED) is 0.569. The molecule has 0 fully saturated rings. The van der Waals surface area contributed by atoms with Crippen molar-refractivity contribution in [2.75, 3.05) is 0 Å². The predicted molar refractivity (Wildman–Crippen MR) is 86.7 cm³/mol. The number of rotatable bonds is 2. The third-order valence-corrected chi connectivity index (χ3v) is 3.94. The van der Waals surface area contributed by atoms with Gasteiger partial charge in [-0.15, -0.1) is 0 Å². The minimum atomic E-state index is 0.310. The number of benzene rings is 3. The molecule has 1 aromatic heterocycles. The fraction of sp³-hybridized carbons (Fsp3) is 0.0526. The van der Waals surface area contributed by atoms with Crippen LogP contribution < -0.4 is 0 Å². The Hall–Kier alpha value is -2.74. The van der Waals surface area contributed by atoms with E-state index in [0.717, 1.165) is 17.4 Å². The summed E-state index contributed by atoms with van der Waals surface area (Å²) in [6.45, 7) is 0.829. The second-order valence-electron chi connectivity index (χ2n) is 5.29. The zero-order valence-electron chi connectivity index (χ0n) is 11.5. The molecule has 2 heteroatoms. The van der Waals surface area contributed by atoms with Gasteiger partial charge in [0.1, 0.15) is 5.75 Å². The molecule has 0 atom stereocenters. The average Bonchev–Trinajstić information content (AvgIpc) is 2.82. The molecule has 4 rings (SSSR count). The van der Waals surface area contributed by atoms with E-state index in [0.29, 0.717) is 5.75 Å². The van der Waals surface area contributed by atoms with Crippen molar-refractivity contribution in [3.8, 4) is 5.75 Å². The number of hydrogen-bond acceptors (Lipinski definition) is 1. The first kappa shape index (κ1) is 12.0. The highest BCUT2D eigenvalue weighted by molar-refractivity contribution is 6.08. The Kier molecular flexibility index (Phi) is 2.68. The average molecular weight is 273 g/mol. The van der Waals surface area contributed by atoms with Crippen LogP contribution in [0.3, 0.4) is 0 Å². The van der Waals surface area contributed by atoms with E-state index in [1.807, 2.05) is 24.3 Å². The Morgan fingerprint density at radius 1 is 0.714 bits per heavy atom. The highest BCUT2D eigenvalue weighted by Gasteiger charge is 2.10. The highest BCUT2D eigenvalue weighted by Crippen LogP contribution is 2.31. The van der Waals surface area contributed by atoms with Crippen molar-refractivity contribution in [1.29, 1.82) is 0 Å². The second kappa shape index (κ2) is 4.67. The summed E-state index contributed by atoms with van der Waals surface area (Å²) in [6.07, 6.45) is 0. The second-order valence-corrected chi connectivity index (χ2v) is 5.29. The number of aromatic hydroxyl groups is 1. The third-order valence-electron chi connectivity index (χ3n) is 3.94. The molecule has 1 N–H and O–H groups in total. The number of phenolic OH excluding ortho intramolecular Hbond substituents is 1. The molecular weight excluding hydrogens is 258 g/mol. The molecule has 0 aliphatic carbocycles. The number of nitrogens with zero attached hydrogens (tertiary/aromatic N) is 1. The lowest BCUT2D eigenvalue weighted by molar-refractivity contribution is 0.476. The zero-order valence-corrected chi connectivity index (χ0v) is 11.5. The smallest absolute Gasteiger partial charge is 0.116 e. The van der Waals surface area contributed by atoms with Crippen molar-refractivity contribution in [3.63, 3.8) is 0 Å². The van der Waals surface area contributed by atoms with Crippen molar-refractivity contribution in [2.24, 2.45) is 0 Å². The van der Waals surface area contributed by atoms with E-state index in [1.54, 1.807) is 6.07 Å². The summed E-state index contributed by atoms with van der Waals surface area (Å²) in [7, 11) is 0. The molecule has 0 spiro atoms. The van der Waals surface area contributed by atoms with Gasteiger partial charge in [-0.2, -0.15) is 0 Å². The van der Waals surface area contributed by atoms with Crippen molar-refractivity contribution in [3.05, 3.63) is 78.4 Å². The first-order chi connectivity index (χ1) is 10.3. The molecule has 1 heterocycles. The fourth-order valence-electron chi connectivity index (χ4n) is 2.98. The first-order valence-electron chi connectivity index (χ1n) is 7.07. The van der Waals surface area contributed by atoms with E-state index in [4.69, 9.17) is 0 Å². The van der Waals surface area contributed by atoms with Gasteiger partial charge in [-0.3, -0.25) is 0 Å². The van der Waals surface area contributed by atoms with Gasteiger partial charge < -0.3 is 9.67 Å². The van der Waals surface area contributed by atoms with Gasteiger partial charge in [-0.25, -0.2) is 0 Å². The zero-order chi connectivity index (χ0) is 14.2. The summed E-state index contributed by atoms with van der Waals surface area (Å²) in [5.74, 6) is 0.310. The van der Waals surface area contributed by atoms with Gasteiger partial charge >= 0.3 is 0 Å². The van der Waals surface area contributed by atoms with E-state index in [-0.39, 0.29) is 0 Å². The monoisotopic (exact) mass is 273 g/mol. The maximum atomic E-state index is 9.78. The Morgan fingerprint density at radius 2 is 1.43 bits per heavy atom. The van der Waals surface area contributed by atoms with Crippen LogP contribution in [0.2, 0.25) is 0 Å². The summed E-state index contributed by atoms with van der Waals surface area (Å²) in [5.41, 5.74) is 3.62. The molecule has 0 saturated carbocycles. The molecule has 0 aliphatic rings. The largest absolute Gasteiger partial charge is 0.508 e. The molecule has 0 bridgehead atoms. The van der Waals surface area contributed by atoms with Gasteiger partial charge in [0, 0.05) is 28.4 Å². The summed E-state index contributed by atoms with van der Waals surface area (Å²) in [4.78, 5) is 0. The van der Waals surface area contributed by atoms with E-state index in [9.17, 15) is 5.11 Å². The van der Waals surface area contributed by atoms with E-state index >= 15 is 0 Å². The maximum Gasteiger partial charge on any atom is 0.116 e. The molecule has 2 nitrogen and oxygen atoms in total. The number of para-hydroxylation sites is 1. The van der Waals surface area contributed by atoms with Gasteiger partial charge in [0.25, 0.3) is 0 Å². The molecule has 0 radical (unpaired) electrons. The number of aromatic nitrogens is 1. The summed E-state index contributed by atoms with van der Waals surface area (Å²) in [5, 5.41) is 12.1. The van der Waals surface area contributed by atoms with Gasteiger partial charge in [0.05, 0.1) is 0 Å². The summed E-state index contributed by atoms with van der Waals surface area (Å²) in [6, 6.07) is 24.4. The predicted octanol–water partition coefficient (Wildman–Crippen LogP) is 4.55. The Balaban J connectivity index is 2.01. The van der Waals surface area contributed by atoms with Gasteiger partial charge in [0.15, 0.2) is 0 Å². The standard InChI is InChI=1S/C19H15NO/c21-15-10-11-19-17(12-15)16-8-4-5-9-18(16)20(19)13-14-6-2-1-3-7-14/h1-12,21H,13H2. The van der Waals surface area contributed by atoms with Crippen molar-refractivity contribution < 1.29 is 5.11 Å². The van der Waals surface area contributed by atoms with Crippen LogP contribution in [0.1, 0.15) is 5.56 Å². The van der Waals surface area contributed by atoms with Crippen LogP contribution in [0, 0.1) is 0 Å². The molecule has 0 saturated heterocycles. The van der Waals surface area contributed by atoms with Crippen molar-refractivity contribution >= 4 is 21.8 Å². The number of phenols is 1. The van der Waals surface area contributed by atoms with Crippen LogP contribution in [0.25, 0.3) is 21.8 Å². The fourth-order valence-corrected chi connectivity index (χ4v) is 2.98. The Labute approximate surface area is 122 Å². The molecule has 102 valence electrons. The minimum Gasteiger partial charge on any atom is -0.508 e. The molecular formula is C19H15NO. The normalized spacial score (nSPS) is 11.2. The van der Waals surface area contributed by atoms with Crippen LogP contribution in [0.4, 0.5) is 0 Å². The Bertz CT molecular complexity index is 922. The van der Waals surface area contributed by atoms with Crippen LogP contribution in [-0.2, 0) is 6.54 Å². The lowest BCUT2D eigenvalue weighted by Gasteiger charge is -2.07. The van der Waals surface area contributed by atoms with Crippen LogP contribution in [0.15, 0.2) is 72.8 Å². The van der Waals surface area contributed by atoms with Crippen molar-refractivity contribution in [2.45, 2.75) is 6.54 Å². The van der Waals surface area contributed by atoms with Gasteiger partial charge in [-0.05, 0) is 29.8 Å². The van der Waals surface area contributed by atoms with Crippen molar-refractivity contribution in [1.82, 2.24) is 4.57 Å². The molecule has 0 aliphatic heterocycles. The molecule has 3 aromatic carbocycles. The summed E-state index contributed by atoms with van der Waals surface area (Å²) < 4.78 is 2.30. The number of fused-ring (bicyclic) bond motifs is 3. The van der Waals surface area contributed by atoms with E-state index < -0.39 is 0 Å². The lowest BCUT2D eigenvalue weighted by Crippen LogP contribution is -1.98. The SMILES string of the molecule is Oc1ccc2c(c1)c1ccccc1n2Cc1ccccc1.